The highest BCUT2D eigenvalue weighted by Gasteiger charge is 2.29. The molecule has 1 aliphatic heterocycles. The van der Waals surface area contributed by atoms with E-state index >= 15 is 0 Å². The average Bonchev–Trinajstić information content (AvgIpc) is 2.76. The molecule has 3 nitrogen and oxygen atoms in total. The van der Waals surface area contributed by atoms with Gasteiger partial charge in [0.05, 0.1) is 12.1 Å². The van der Waals surface area contributed by atoms with E-state index in [0.29, 0.717) is 5.92 Å². The van der Waals surface area contributed by atoms with Crippen LogP contribution in [-0.4, -0.2) is 18.5 Å². The number of rotatable bonds is 3. The molecule has 1 amide bonds. The minimum atomic E-state index is -0.261. The summed E-state index contributed by atoms with van der Waals surface area (Å²) in [5, 5.41) is 6.16. The van der Waals surface area contributed by atoms with Crippen molar-refractivity contribution in [3.8, 4) is 0 Å². The molecule has 1 aliphatic rings. The SMILES string of the molecule is CC1CCNC1C(=O)N[C@@H](C)c1ccc(F)cc1. The number of hydrogen-bond acceptors (Lipinski definition) is 2. The zero-order valence-corrected chi connectivity index (χ0v) is 10.7. The van der Waals surface area contributed by atoms with Crippen LogP contribution in [0.1, 0.15) is 31.9 Å². The van der Waals surface area contributed by atoms with E-state index in [1.54, 1.807) is 12.1 Å². The molecule has 0 bridgehead atoms. The Morgan fingerprint density at radius 1 is 1.44 bits per heavy atom. The number of carbonyl (C=O) groups is 1. The van der Waals surface area contributed by atoms with Crippen LogP contribution in [0.5, 0.6) is 0 Å². The normalized spacial score (nSPS) is 24.8. The Morgan fingerprint density at radius 3 is 2.67 bits per heavy atom. The quantitative estimate of drug-likeness (QED) is 0.861. The fraction of sp³-hybridized carbons (Fsp3) is 0.500. The Hall–Kier alpha value is -1.42. The van der Waals surface area contributed by atoms with Crippen LogP contribution in [0.15, 0.2) is 24.3 Å². The Balaban J connectivity index is 1.96. The highest BCUT2D eigenvalue weighted by atomic mass is 19.1. The van der Waals surface area contributed by atoms with Gasteiger partial charge in [0.15, 0.2) is 0 Å². The molecule has 0 aliphatic carbocycles. The molecule has 0 spiro atoms. The molecule has 0 saturated carbocycles. The zero-order chi connectivity index (χ0) is 13.1. The molecule has 1 saturated heterocycles. The Morgan fingerprint density at radius 2 is 2.11 bits per heavy atom. The number of amides is 1. The molecule has 18 heavy (non-hydrogen) atoms. The predicted octanol–water partition coefficient (Wildman–Crippen LogP) is 2.00. The van der Waals surface area contributed by atoms with E-state index in [2.05, 4.69) is 17.6 Å². The van der Waals surface area contributed by atoms with Crippen LogP contribution >= 0.6 is 0 Å². The first-order chi connectivity index (χ1) is 8.58. The molecule has 2 rings (SSSR count). The number of benzene rings is 1. The lowest BCUT2D eigenvalue weighted by molar-refractivity contribution is -0.124. The second-order valence-corrected chi connectivity index (χ2v) is 4.98. The minimum absolute atomic E-state index is 0.0248. The molecule has 0 aromatic heterocycles. The first kappa shape index (κ1) is 13.0. The standard InChI is InChI=1S/C14H19FN2O/c1-9-7-8-16-13(9)14(18)17-10(2)11-3-5-12(15)6-4-11/h3-6,9-10,13,16H,7-8H2,1-2H3,(H,17,18)/t9?,10-,13?/m0/s1. The zero-order valence-electron chi connectivity index (χ0n) is 10.7. The monoisotopic (exact) mass is 250 g/mol. The number of carbonyl (C=O) groups excluding carboxylic acids is 1. The van der Waals surface area contributed by atoms with Crippen LogP contribution in [0.25, 0.3) is 0 Å². The molecule has 0 radical (unpaired) electrons. The molecule has 1 fully saturated rings. The van der Waals surface area contributed by atoms with Crippen molar-refractivity contribution in [2.75, 3.05) is 6.54 Å². The Labute approximate surface area is 107 Å². The van der Waals surface area contributed by atoms with Gasteiger partial charge in [-0.05, 0) is 43.5 Å². The van der Waals surface area contributed by atoms with Crippen LogP contribution < -0.4 is 10.6 Å². The van der Waals surface area contributed by atoms with Gasteiger partial charge in [0.25, 0.3) is 0 Å². The van der Waals surface area contributed by atoms with Crippen molar-refractivity contribution >= 4 is 5.91 Å². The Bertz CT molecular complexity index is 418. The highest BCUT2D eigenvalue weighted by molar-refractivity contribution is 5.82. The topological polar surface area (TPSA) is 41.1 Å². The average molecular weight is 250 g/mol. The number of nitrogens with one attached hydrogen (secondary N) is 2. The van der Waals surface area contributed by atoms with Gasteiger partial charge in [0, 0.05) is 0 Å². The summed E-state index contributed by atoms with van der Waals surface area (Å²) in [7, 11) is 0. The van der Waals surface area contributed by atoms with Crippen molar-refractivity contribution < 1.29 is 9.18 Å². The molecule has 1 aromatic carbocycles. The van der Waals surface area contributed by atoms with E-state index in [9.17, 15) is 9.18 Å². The summed E-state index contributed by atoms with van der Waals surface area (Å²) in [5.74, 6) is 0.130. The lowest BCUT2D eigenvalue weighted by atomic mass is 10.0. The third-order valence-electron chi connectivity index (χ3n) is 3.54. The van der Waals surface area contributed by atoms with Crippen molar-refractivity contribution in [1.82, 2.24) is 10.6 Å². The summed E-state index contributed by atoms with van der Waals surface area (Å²) < 4.78 is 12.8. The van der Waals surface area contributed by atoms with E-state index in [4.69, 9.17) is 0 Å². The minimum Gasteiger partial charge on any atom is -0.348 e. The number of hydrogen-bond donors (Lipinski definition) is 2. The van der Waals surface area contributed by atoms with Crippen molar-refractivity contribution in [1.29, 1.82) is 0 Å². The fourth-order valence-electron chi connectivity index (χ4n) is 2.32. The first-order valence-electron chi connectivity index (χ1n) is 6.37. The summed E-state index contributed by atoms with van der Waals surface area (Å²) in [6, 6.07) is 6.01. The van der Waals surface area contributed by atoms with Gasteiger partial charge >= 0.3 is 0 Å². The Kier molecular flexibility index (Phi) is 3.97. The molecule has 2 unspecified atom stereocenters. The molecule has 3 atom stereocenters. The third kappa shape index (κ3) is 2.88. The van der Waals surface area contributed by atoms with Gasteiger partial charge in [0.2, 0.25) is 5.91 Å². The summed E-state index contributed by atoms with van der Waals surface area (Å²) in [4.78, 5) is 12.1. The predicted molar refractivity (Wildman–Crippen MR) is 68.5 cm³/mol. The van der Waals surface area contributed by atoms with Crippen LogP contribution in [0.3, 0.4) is 0 Å². The van der Waals surface area contributed by atoms with Gasteiger partial charge in [0.1, 0.15) is 5.82 Å². The maximum absolute atomic E-state index is 12.8. The van der Waals surface area contributed by atoms with Gasteiger partial charge in [-0.15, -0.1) is 0 Å². The van der Waals surface area contributed by atoms with E-state index in [1.165, 1.54) is 12.1 Å². The molecular formula is C14H19FN2O. The lowest BCUT2D eigenvalue weighted by Crippen LogP contribution is -2.44. The highest BCUT2D eigenvalue weighted by Crippen LogP contribution is 2.17. The van der Waals surface area contributed by atoms with E-state index in [-0.39, 0.29) is 23.8 Å². The van der Waals surface area contributed by atoms with Gasteiger partial charge in [-0.2, -0.15) is 0 Å². The summed E-state index contributed by atoms with van der Waals surface area (Å²) >= 11 is 0. The van der Waals surface area contributed by atoms with Crippen LogP contribution in [0.4, 0.5) is 4.39 Å². The van der Waals surface area contributed by atoms with Gasteiger partial charge in [-0.1, -0.05) is 19.1 Å². The van der Waals surface area contributed by atoms with Crippen LogP contribution in [-0.2, 0) is 4.79 Å². The molecular weight excluding hydrogens is 231 g/mol. The largest absolute Gasteiger partial charge is 0.348 e. The van der Waals surface area contributed by atoms with Crippen molar-refractivity contribution in [2.45, 2.75) is 32.4 Å². The van der Waals surface area contributed by atoms with Gasteiger partial charge in [-0.25, -0.2) is 4.39 Å². The summed E-state index contributed by atoms with van der Waals surface area (Å²) in [6.45, 7) is 4.88. The van der Waals surface area contributed by atoms with Crippen molar-refractivity contribution in [2.24, 2.45) is 5.92 Å². The molecule has 4 heteroatoms. The van der Waals surface area contributed by atoms with Crippen molar-refractivity contribution in [3.63, 3.8) is 0 Å². The number of halogens is 1. The maximum Gasteiger partial charge on any atom is 0.237 e. The van der Waals surface area contributed by atoms with E-state index in [1.807, 2.05) is 6.92 Å². The van der Waals surface area contributed by atoms with Crippen LogP contribution in [0.2, 0.25) is 0 Å². The van der Waals surface area contributed by atoms with Crippen LogP contribution in [0, 0.1) is 11.7 Å². The fourth-order valence-corrected chi connectivity index (χ4v) is 2.32. The first-order valence-corrected chi connectivity index (χ1v) is 6.37. The maximum atomic E-state index is 12.8. The van der Waals surface area contributed by atoms with Crippen molar-refractivity contribution in [3.05, 3.63) is 35.6 Å². The van der Waals surface area contributed by atoms with E-state index < -0.39 is 0 Å². The van der Waals surface area contributed by atoms with Gasteiger partial charge < -0.3 is 10.6 Å². The second kappa shape index (κ2) is 5.48. The smallest absolute Gasteiger partial charge is 0.237 e. The third-order valence-corrected chi connectivity index (χ3v) is 3.54. The molecule has 98 valence electrons. The molecule has 1 aromatic rings. The summed E-state index contributed by atoms with van der Waals surface area (Å²) in [6.07, 6.45) is 1.03. The van der Waals surface area contributed by atoms with E-state index in [0.717, 1.165) is 18.5 Å². The summed E-state index contributed by atoms with van der Waals surface area (Å²) in [5.41, 5.74) is 0.912. The lowest BCUT2D eigenvalue weighted by Gasteiger charge is -2.20. The second-order valence-electron chi connectivity index (χ2n) is 4.98. The molecule has 1 heterocycles. The molecule has 2 N–H and O–H groups in total. The van der Waals surface area contributed by atoms with Gasteiger partial charge in [-0.3, -0.25) is 4.79 Å².